The zero-order valence-electron chi connectivity index (χ0n) is 13.1. The Bertz CT molecular complexity index is 677. The first kappa shape index (κ1) is 15.3. The molecule has 0 saturated carbocycles. The second kappa shape index (κ2) is 6.69. The average Bonchev–Trinajstić information content (AvgIpc) is 2.58. The van der Waals surface area contributed by atoms with Gasteiger partial charge >= 0.3 is 5.97 Å². The van der Waals surface area contributed by atoms with Crippen LogP contribution < -0.4 is 9.64 Å². The van der Waals surface area contributed by atoms with Gasteiger partial charge in [0.05, 0.1) is 0 Å². The van der Waals surface area contributed by atoms with Crippen LogP contribution in [0.15, 0.2) is 42.5 Å². The summed E-state index contributed by atoms with van der Waals surface area (Å²) in [5.41, 5.74) is 1.30. The van der Waals surface area contributed by atoms with Crippen LogP contribution in [-0.4, -0.2) is 35.3 Å². The molecular weight excluding hydrogens is 292 g/mol. The highest BCUT2D eigenvalue weighted by molar-refractivity contribution is 5.85. The molecule has 1 fully saturated rings. The molecule has 0 aliphatic carbocycles. The number of aromatic carboxylic acids is 1. The summed E-state index contributed by atoms with van der Waals surface area (Å²) >= 11 is 0. The number of aromatic nitrogens is 1. The summed E-state index contributed by atoms with van der Waals surface area (Å²) < 4.78 is 6.02. The third-order valence-corrected chi connectivity index (χ3v) is 4.04. The molecular formula is C18H20N2O3. The monoisotopic (exact) mass is 312 g/mol. The number of ether oxygens (including phenoxy) is 1. The van der Waals surface area contributed by atoms with E-state index in [1.807, 2.05) is 30.3 Å². The number of benzene rings is 1. The van der Waals surface area contributed by atoms with Gasteiger partial charge < -0.3 is 14.7 Å². The minimum atomic E-state index is -0.996. The van der Waals surface area contributed by atoms with Crippen LogP contribution in [0, 0.1) is 6.92 Å². The van der Waals surface area contributed by atoms with E-state index in [0.717, 1.165) is 37.5 Å². The fourth-order valence-corrected chi connectivity index (χ4v) is 2.73. The highest BCUT2D eigenvalue weighted by Crippen LogP contribution is 2.22. The summed E-state index contributed by atoms with van der Waals surface area (Å²) in [6.45, 7) is 3.68. The second-order valence-electron chi connectivity index (χ2n) is 5.80. The first-order valence-electron chi connectivity index (χ1n) is 7.80. The van der Waals surface area contributed by atoms with Crippen molar-refractivity contribution in [2.45, 2.75) is 25.9 Å². The number of carbonyl (C=O) groups is 1. The number of hydrogen-bond acceptors (Lipinski definition) is 4. The Morgan fingerprint density at radius 3 is 2.52 bits per heavy atom. The normalized spacial score (nSPS) is 15.4. The molecule has 0 radical (unpaired) electrons. The Balaban J connectivity index is 1.59. The van der Waals surface area contributed by atoms with Crippen LogP contribution in [0.25, 0.3) is 0 Å². The minimum Gasteiger partial charge on any atom is -0.490 e. The molecule has 5 nitrogen and oxygen atoms in total. The maximum atomic E-state index is 11.0. The van der Waals surface area contributed by atoms with E-state index in [1.54, 1.807) is 6.07 Å². The molecule has 1 aliphatic rings. The van der Waals surface area contributed by atoms with Gasteiger partial charge in [0.25, 0.3) is 0 Å². The smallest absolute Gasteiger partial charge is 0.354 e. The molecule has 1 N–H and O–H groups in total. The maximum Gasteiger partial charge on any atom is 0.354 e. The molecule has 0 atom stereocenters. The molecule has 2 aromatic rings. The predicted octanol–water partition coefficient (Wildman–Crippen LogP) is 3.14. The third-order valence-electron chi connectivity index (χ3n) is 4.04. The minimum absolute atomic E-state index is 0.0838. The molecule has 3 rings (SSSR count). The lowest BCUT2D eigenvalue weighted by atomic mass is 10.1. The van der Waals surface area contributed by atoms with Crippen molar-refractivity contribution >= 4 is 11.8 Å². The topological polar surface area (TPSA) is 62.7 Å². The molecule has 120 valence electrons. The lowest BCUT2D eigenvalue weighted by Gasteiger charge is -2.33. The molecule has 1 aromatic carbocycles. The van der Waals surface area contributed by atoms with Crippen molar-refractivity contribution in [1.29, 1.82) is 0 Å². The summed E-state index contributed by atoms with van der Waals surface area (Å²) in [4.78, 5) is 17.3. The van der Waals surface area contributed by atoms with Gasteiger partial charge in [-0.05, 0) is 31.2 Å². The van der Waals surface area contributed by atoms with E-state index in [4.69, 9.17) is 9.84 Å². The number of anilines is 1. The molecule has 5 heteroatoms. The van der Waals surface area contributed by atoms with Gasteiger partial charge in [-0.3, -0.25) is 0 Å². The SMILES string of the molecule is Cc1ccc(OC2CCN(c3cccc(C(=O)O)n3)CC2)cc1. The standard InChI is InChI=1S/C18H20N2O3/c1-13-5-7-14(8-6-13)23-15-9-11-20(12-10-15)17-4-2-3-16(19-17)18(21)22/h2-8,15H,9-12H2,1H3,(H,21,22). The van der Waals surface area contributed by atoms with Crippen molar-refractivity contribution in [2.24, 2.45) is 0 Å². The van der Waals surface area contributed by atoms with Crippen molar-refractivity contribution in [1.82, 2.24) is 4.98 Å². The van der Waals surface area contributed by atoms with Gasteiger partial charge in [-0.1, -0.05) is 23.8 Å². The van der Waals surface area contributed by atoms with Crippen LogP contribution in [-0.2, 0) is 0 Å². The first-order valence-corrected chi connectivity index (χ1v) is 7.80. The molecule has 23 heavy (non-hydrogen) atoms. The fourth-order valence-electron chi connectivity index (χ4n) is 2.73. The van der Waals surface area contributed by atoms with Crippen molar-refractivity contribution in [3.63, 3.8) is 0 Å². The van der Waals surface area contributed by atoms with Gasteiger partial charge in [-0.2, -0.15) is 0 Å². The lowest BCUT2D eigenvalue weighted by Crippen LogP contribution is -2.38. The highest BCUT2D eigenvalue weighted by atomic mass is 16.5. The number of piperidine rings is 1. The summed E-state index contributed by atoms with van der Waals surface area (Å²) in [7, 11) is 0. The second-order valence-corrected chi connectivity index (χ2v) is 5.80. The zero-order chi connectivity index (χ0) is 16.2. The predicted molar refractivity (Wildman–Crippen MR) is 88.2 cm³/mol. The molecule has 1 aliphatic heterocycles. The van der Waals surface area contributed by atoms with Crippen molar-refractivity contribution in [3.05, 3.63) is 53.7 Å². The van der Waals surface area contributed by atoms with Gasteiger partial charge in [0, 0.05) is 25.9 Å². The Labute approximate surface area is 135 Å². The number of hydrogen-bond donors (Lipinski definition) is 1. The van der Waals surface area contributed by atoms with Crippen LogP contribution in [0.2, 0.25) is 0 Å². The molecule has 0 unspecified atom stereocenters. The maximum absolute atomic E-state index is 11.0. The van der Waals surface area contributed by atoms with Gasteiger partial charge in [-0.25, -0.2) is 9.78 Å². The largest absolute Gasteiger partial charge is 0.490 e. The summed E-state index contributed by atoms with van der Waals surface area (Å²) in [6.07, 6.45) is 1.98. The number of pyridine rings is 1. The number of aryl methyl sites for hydroxylation is 1. The molecule has 1 aromatic heterocycles. The fraction of sp³-hybridized carbons (Fsp3) is 0.333. The number of carboxylic acid groups (broad SMARTS) is 1. The molecule has 2 heterocycles. The van der Waals surface area contributed by atoms with Crippen LogP contribution in [0.3, 0.4) is 0 Å². The third kappa shape index (κ3) is 3.80. The van der Waals surface area contributed by atoms with Crippen LogP contribution in [0.1, 0.15) is 28.9 Å². The van der Waals surface area contributed by atoms with Gasteiger partial charge in [0.15, 0.2) is 5.69 Å². The van der Waals surface area contributed by atoms with Gasteiger partial charge in [0.2, 0.25) is 0 Å². The summed E-state index contributed by atoms with van der Waals surface area (Å²) in [6, 6.07) is 13.2. The summed E-state index contributed by atoms with van der Waals surface area (Å²) in [5.74, 6) is 0.628. The van der Waals surface area contributed by atoms with Crippen molar-refractivity contribution in [2.75, 3.05) is 18.0 Å². The van der Waals surface area contributed by atoms with Crippen LogP contribution >= 0.6 is 0 Å². The van der Waals surface area contributed by atoms with E-state index in [9.17, 15) is 4.79 Å². The van der Waals surface area contributed by atoms with Crippen molar-refractivity contribution < 1.29 is 14.6 Å². The van der Waals surface area contributed by atoms with E-state index in [0.29, 0.717) is 0 Å². The van der Waals surface area contributed by atoms with Crippen LogP contribution in [0.4, 0.5) is 5.82 Å². The van der Waals surface area contributed by atoms with E-state index in [-0.39, 0.29) is 11.8 Å². The Morgan fingerprint density at radius 1 is 1.17 bits per heavy atom. The molecule has 0 bridgehead atoms. The number of nitrogens with zero attached hydrogens (tertiary/aromatic N) is 2. The van der Waals surface area contributed by atoms with E-state index < -0.39 is 5.97 Å². The number of carboxylic acids is 1. The van der Waals surface area contributed by atoms with E-state index in [1.165, 1.54) is 11.6 Å². The lowest BCUT2D eigenvalue weighted by molar-refractivity contribution is 0.0690. The first-order chi connectivity index (χ1) is 11.1. The van der Waals surface area contributed by atoms with E-state index in [2.05, 4.69) is 16.8 Å². The summed E-state index contributed by atoms with van der Waals surface area (Å²) in [5, 5.41) is 9.03. The quantitative estimate of drug-likeness (QED) is 0.939. The Morgan fingerprint density at radius 2 is 1.87 bits per heavy atom. The highest BCUT2D eigenvalue weighted by Gasteiger charge is 2.22. The van der Waals surface area contributed by atoms with Gasteiger partial charge in [-0.15, -0.1) is 0 Å². The van der Waals surface area contributed by atoms with Gasteiger partial charge in [0.1, 0.15) is 17.7 Å². The zero-order valence-corrected chi connectivity index (χ0v) is 13.1. The molecule has 1 saturated heterocycles. The molecule has 0 amide bonds. The number of rotatable bonds is 4. The Hall–Kier alpha value is -2.56. The van der Waals surface area contributed by atoms with E-state index >= 15 is 0 Å². The Kier molecular flexibility index (Phi) is 4.46. The van der Waals surface area contributed by atoms with Crippen molar-refractivity contribution in [3.8, 4) is 5.75 Å². The average molecular weight is 312 g/mol. The molecule has 0 spiro atoms. The van der Waals surface area contributed by atoms with Crippen LogP contribution in [0.5, 0.6) is 5.75 Å².